The molecule has 0 unspecified atom stereocenters. The Labute approximate surface area is 366 Å². The van der Waals surface area contributed by atoms with Crippen LogP contribution < -0.4 is 0 Å². The minimum Gasteiger partial charge on any atom is -0.309 e. The number of aromatic nitrogens is 5. The van der Waals surface area contributed by atoms with E-state index in [1.807, 2.05) is 35.6 Å². The first kappa shape index (κ1) is 35.6. The number of hydrogen-bond donors (Lipinski definition) is 0. The summed E-state index contributed by atoms with van der Waals surface area (Å²) in [6.45, 7) is 0. The van der Waals surface area contributed by atoms with Crippen LogP contribution in [0.1, 0.15) is 0 Å². The molecule has 9 aromatic carbocycles. The SMILES string of the molecule is c1ccc(-c2ccc(-c3nc(-c4ccccc4)nc(-c4cccc5c4c4ccc6c7cc(-n8c9ccccc9c9ccccc98)ccc7sc6c4n5-c4ccccc4)n3)cc2)cc1. The van der Waals surface area contributed by atoms with Crippen molar-refractivity contribution in [3.63, 3.8) is 0 Å². The quantitative estimate of drug-likeness (QED) is 0.168. The molecule has 13 aromatic rings. The maximum absolute atomic E-state index is 5.28. The highest BCUT2D eigenvalue weighted by atomic mass is 32.1. The molecule has 0 saturated heterocycles. The predicted molar refractivity (Wildman–Crippen MR) is 263 cm³/mol. The second-order valence-electron chi connectivity index (χ2n) is 16.0. The van der Waals surface area contributed by atoms with Gasteiger partial charge in [0.05, 0.1) is 26.8 Å². The molecule has 4 heterocycles. The molecule has 6 heteroatoms. The fourth-order valence-corrected chi connectivity index (χ4v) is 10.7. The van der Waals surface area contributed by atoms with Crippen molar-refractivity contribution in [1.82, 2.24) is 24.1 Å². The van der Waals surface area contributed by atoms with Crippen molar-refractivity contribution < 1.29 is 0 Å². The molecule has 0 aliphatic heterocycles. The zero-order valence-corrected chi connectivity index (χ0v) is 34.7. The zero-order valence-electron chi connectivity index (χ0n) is 33.9. The Balaban J connectivity index is 1.05. The summed E-state index contributed by atoms with van der Waals surface area (Å²) in [4.78, 5) is 15.6. The first-order chi connectivity index (χ1) is 31.2. The van der Waals surface area contributed by atoms with Crippen LogP contribution in [0.2, 0.25) is 0 Å². The molecule has 0 bridgehead atoms. The molecule has 0 saturated carbocycles. The van der Waals surface area contributed by atoms with Crippen LogP contribution in [0.3, 0.4) is 0 Å². The molecule has 63 heavy (non-hydrogen) atoms. The van der Waals surface area contributed by atoms with Gasteiger partial charge in [-0.15, -0.1) is 11.3 Å². The van der Waals surface area contributed by atoms with Crippen LogP contribution >= 0.6 is 11.3 Å². The van der Waals surface area contributed by atoms with Gasteiger partial charge < -0.3 is 9.13 Å². The van der Waals surface area contributed by atoms with Crippen molar-refractivity contribution in [1.29, 1.82) is 0 Å². The number of thiophene rings is 1. The van der Waals surface area contributed by atoms with Crippen molar-refractivity contribution in [3.05, 3.63) is 212 Å². The van der Waals surface area contributed by atoms with Crippen LogP contribution in [-0.4, -0.2) is 24.1 Å². The zero-order chi connectivity index (χ0) is 41.4. The summed E-state index contributed by atoms with van der Waals surface area (Å²) in [5.41, 5.74) is 12.1. The van der Waals surface area contributed by atoms with Gasteiger partial charge in [0.1, 0.15) is 0 Å². The van der Waals surface area contributed by atoms with Gasteiger partial charge in [-0.1, -0.05) is 164 Å². The lowest BCUT2D eigenvalue weighted by Gasteiger charge is -2.11. The minimum absolute atomic E-state index is 0.633. The van der Waals surface area contributed by atoms with E-state index in [0.29, 0.717) is 17.5 Å². The third-order valence-electron chi connectivity index (χ3n) is 12.4. The molecule has 0 amide bonds. The molecule has 0 aliphatic rings. The van der Waals surface area contributed by atoms with E-state index in [1.54, 1.807) is 0 Å². The number of para-hydroxylation sites is 3. The standard InChI is InChI=1S/C57H35N5S/c1-4-15-36(16-5-1)37-27-29-39(30-28-37)56-58-55(38-17-6-2-7-18-38)59-57(60-56)46-23-14-26-50-52(46)45-33-32-44-47-35-41(61-48-24-12-10-21-42(48)43-22-11-13-25-49(43)61)31-34-51(47)63-54(44)53(45)62(50)40-19-8-3-9-20-40/h1-35H. The Morgan fingerprint density at radius 2 is 0.873 bits per heavy atom. The van der Waals surface area contributed by atoms with Gasteiger partial charge in [0, 0.05) is 65.1 Å². The van der Waals surface area contributed by atoms with E-state index in [1.165, 1.54) is 53.1 Å². The van der Waals surface area contributed by atoms with Gasteiger partial charge in [0.25, 0.3) is 0 Å². The van der Waals surface area contributed by atoms with Gasteiger partial charge in [-0.05, 0) is 59.7 Å². The first-order valence-electron chi connectivity index (χ1n) is 21.2. The molecule has 5 nitrogen and oxygen atoms in total. The molecule has 0 fully saturated rings. The summed E-state index contributed by atoms with van der Waals surface area (Å²) in [7, 11) is 0. The van der Waals surface area contributed by atoms with Crippen LogP contribution in [0.4, 0.5) is 0 Å². The van der Waals surface area contributed by atoms with Crippen molar-refractivity contribution in [2.45, 2.75) is 0 Å². The van der Waals surface area contributed by atoms with E-state index >= 15 is 0 Å². The number of hydrogen-bond acceptors (Lipinski definition) is 4. The summed E-state index contributed by atoms with van der Waals surface area (Å²) in [5, 5.41) is 7.26. The molecule has 0 atom stereocenters. The van der Waals surface area contributed by atoms with Crippen LogP contribution in [0.15, 0.2) is 212 Å². The molecule has 0 N–H and O–H groups in total. The smallest absolute Gasteiger partial charge is 0.164 e. The Morgan fingerprint density at radius 3 is 1.57 bits per heavy atom. The van der Waals surface area contributed by atoms with Crippen LogP contribution in [0, 0.1) is 0 Å². The maximum Gasteiger partial charge on any atom is 0.164 e. The second kappa shape index (κ2) is 14.2. The molecule has 4 aromatic heterocycles. The van der Waals surface area contributed by atoms with Crippen molar-refractivity contribution in [2.24, 2.45) is 0 Å². The van der Waals surface area contributed by atoms with E-state index < -0.39 is 0 Å². The Morgan fingerprint density at radius 1 is 0.333 bits per heavy atom. The Hall–Kier alpha value is -8.19. The highest BCUT2D eigenvalue weighted by molar-refractivity contribution is 7.26. The largest absolute Gasteiger partial charge is 0.309 e. The van der Waals surface area contributed by atoms with Gasteiger partial charge in [-0.2, -0.15) is 0 Å². The summed E-state index contributed by atoms with van der Waals surface area (Å²) < 4.78 is 7.33. The van der Waals surface area contributed by atoms with Gasteiger partial charge in [-0.3, -0.25) is 0 Å². The van der Waals surface area contributed by atoms with E-state index in [9.17, 15) is 0 Å². The number of fused-ring (bicyclic) bond motifs is 10. The van der Waals surface area contributed by atoms with Gasteiger partial charge in [-0.25, -0.2) is 15.0 Å². The molecular weight excluding hydrogens is 787 g/mol. The number of benzene rings is 9. The lowest BCUT2D eigenvalue weighted by Crippen LogP contribution is -2.00. The Kier molecular flexibility index (Phi) is 8.01. The highest BCUT2D eigenvalue weighted by Gasteiger charge is 2.23. The maximum atomic E-state index is 5.28. The number of nitrogens with zero attached hydrogens (tertiary/aromatic N) is 5. The van der Waals surface area contributed by atoms with Crippen LogP contribution in [0.5, 0.6) is 0 Å². The van der Waals surface area contributed by atoms with E-state index in [0.717, 1.165) is 49.9 Å². The average Bonchev–Trinajstić information content (AvgIpc) is 4.02. The van der Waals surface area contributed by atoms with Crippen LogP contribution in [-0.2, 0) is 0 Å². The molecule has 294 valence electrons. The lowest BCUT2D eigenvalue weighted by atomic mass is 10.0. The number of rotatable bonds is 6. The first-order valence-corrected chi connectivity index (χ1v) is 22.0. The third kappa shape index (κ3) is 5.66. The second-order valence-corrected chi connectivity index (χ2v) is 17.0. The fraction of sp³-hybridized carbons (Fsp3) is 0. The summed E-state index contributed by atoms with van der Waals surface area (Å²) >= 11 is 1.86. The summed E-state index contributed by atoms with van der Waals surface area (Å²) in [6.07, 6.45) is 0. The monoisotopic (exact) mass is 821 g/mol. The molecule has 13 rings (SSSR count). The van der Waals surface area contributed by atoms with Crippen LogP contribution in [0.25, 0.3) is 120 Å². The predicted octanol–water partition coefficient (Wildman–Crippen LogP) is 15.1. The van der Waals surface area contributed by atoms with E-state index in [2.05, 4.69) is 197 Å². The third-order valence-corrected chi connectivity index (χ3v) is 13.6. The van der Waals surface area contributed by atoms with Crippen molar-refractivity contribution in [2.75, 3.05) is 0 Å². The summed E-state index contributed by atoms with van der Waals surface area (Å²) in [6, 6.07) is 75.4. The van der Waals surface area contributed by atoms with E-state index in [4.69, 9.17) is 15.0 Å². The minimum atomic E-state index is 0.633. The summed E-state index contributed by atoms with van der Waals surface area (Å²) in [5.74, 6) is 1.90. The van der Waals surface area contributed by atoms with Gasteiger partial charge in [0.2, 0.25) is 0 Å². The molecule has 0 aliphatic carbocycles. The normalized spacial score (nSPS) is 11.8. The van der Waals surface area contributed by atoms with Crippen molar-refractivity contribution in [3.8, 4) is 56.7 Å². The topological polar surface area (TPSA) is 48.5 Å². The van der Waals surface area contributed by atoms with E-state index in [-0.39, 0.29) is 0 Å². The lowest BCUT2D eigenvalue weighted by molar-refractivity contribution is 1.08. The van der Waals surface area contributed by atoms with Gasteiger partial charge >= 0.3 is 0 Å². The molecule has 0 spiro atoms. The Bertz CT molecular complexity index is 3830. The van der Waals surface area contributed by atoms with Crippen molar-refractivity contribution >= 4 is 75.1 Å². The average molecular weight is 822 g/mol. The van der Waals surface area contributed by atoms with Gasteiger partial charge in [0.15, 0.2) is 17.5 Å². The highest BCUT2D eigenvalue weighted by Crippen LogP contribution is 2.46. The molecule has 0 radical (unpaired) electrons. The molecular formula is C57H35N5S. The fourth-order valence-electron chi connectivity index (χ4n) is 9.52.